The molecule has 3 aromatic rings. The number of aromatic nitrogens is 2. The first kappa shape index (κ1) is 22.6. The van der Waals surface area contributed by atoms with Gasteiger partial charge >= 0.3 is 0 Å². The summed E-state index contributed by atoms with van der Waals surface area (Å²) in [5.41, 5.74) is 8.48. The normalized spacial score (nSPS) is 15.9. The summed E-state index contributed by atoms with van der Waals surface area (Å²) in [5, 5.41) is 0. The number of carbonyl (C=O) groups excluding carboxylic acids is 1. The Morgan fingerprint density at radius 1 is 1.18 bits per heavy atom. The van der Waals surface area contributed by atoms with Crippen LogP contribution in [0.25, 0.3) is 5.65 Å². The Hall–Kier alpha value is -1.73. The first-order valence-electron chi connectivity index (χ1n) is 8.88. The van der Waals surface area contributed by atoms with Gasteiger partial charge in [-0.2, -0.15) is 0 Å². The summed E-state index contributed by atoms with van der Waals surface area (Å²) in [7, 11) is 0. The van der Waals surface area contributed by atoms with Gasteiger partial charge in [-0.1, -0.05) is 18.2 Å². The lowest BCUT2D eigenvalue weighted by Crippen LogP contribution is -2.30. The molecule has 1 fully saturated rings. The predicted octanol–water partition coefficient (Wildman–Crippen LogP) is 3.89. The van der Waals surface area contributed by atoms with Crippen molar-refractivity contribution in [1.29, 1.82) is 0 Å². The molecule has 1 unspecified atom stereocenters. The zero-order chi connectivity index (χ0) is 17.9. The summed E-state index contributed by atoms with van der Waals surface area (Å²) in [5.74, 6) is 1.27. The van der Waals surface area contributed by atoms with Crippen LogP contribution in [-0.2, 0) is 5.75 Å². The molecule has 1 saturated heterocycles. The van der Waals surface area contributed by atoms with Gasteiger partial charge in [-0.3, -0.25) is 4.79 Å². The number of imidazole rings is 1. The van der Waals surface area contributed by atoms with E-state index in [4.69, 9.17) is 5.73 Å². The summed E-state index contributed by atoms with van der Waals surface area (Å²) in [4.78, 5) is 20.5. The zero-order valence-corrected chi connectivity index (χ0v) is 17.8. The van der Waals surface area contributed by atoms with Crippen molar-refractivity contribution in [3.63, 3.8) is 0 Å². The average Bonchev–Trinajstić information content (AvgIpc) is 3.32. The first-order valence-corrected chi connectivity index (χ1v) is 9.87. The van der Waals surface area contributed by atoms with Crippen molar-refractivity contribution < 1.29 is 4.79 Å². The van der Waals surface area contributed by atoms with Gasteiger partial charge in [-0.25, -0.2) is 4.98 Å². The third-order valence-electron chi connectivity index (χ3n) is 4.81. The van der Waals surface area contributed by atoms with Crippen LogP contribution < -0.4 is 5.73 Å². The molecular weight excluding hydrogens is 415 g/mol. The Morgan fingerprint density at radius 3 is 2.71 bits per heavy atom. The van der Waals surface area contributed by atoms with Crippen molar-refractivity contribution in [3.05, 3.63) is 66.1 Å². The van der Waals surface area contributed by atoms with Crippen LogP contribution >= 0.6 is 36.6 Å². The van der Waals surface area contributed by atoms with Gasteiger partial charge < -0.3 is 15.0 Å². The fourth-order valence-electron chi connectivity index (χ4n) is 3.36. The number of fused-ring (bicyclic) bond motifs is 1. The van der Waals surface area contributed by atoms with Gasteiger partial charge in [0.2, 0.25) is 0 Å². The van der Waals surface area contributed by atoms with Crippen molar-refractivity contribution in [2.45, 2.75) is 17.1 Å². The monoisotopic (exact) mass is 438 g/mol. The molecule has 1 aromatic carbocycles. The molecule has 2 aromatic heterocycles. The Balaban J connectivity index is 0.00000140. The number of amides is 1. The van der Waals surface area contributed by atoms with Gasteiger partial charge in [-0.05, 0) is 43.1 Å². The summed E-state index contributed by atoms with van der Waals surface area (Å²) in [6.07, 6.45) is 5.03. The van der Waals surface area contributed by atoms with Crippen molar-refractivity contribution in [2.75, 3.05) is 19.6 Å². The Bertz CT molecular complexity index is 900. The lowest BCUT2D eigenvalue weighted by Gasteiger charge is -2.18. The standard InChI is InChI=1S/C20H22N4OS.2ClH/c21-11-15-8-10-24(12-15)20(25)17-5-1-2-6-18(17)26-14-16-13-23-9-4-3-7-19(23)22-16;;/h1-7,9,13,15H,8,10-12,14,21H2;2*1H. The Kier molecular flexibility index (Phi) is 8.19. The highest BCUT2D eigenvalue weighted by molar-refractivity contribution is 7.98. The molecule has 1 amide bonds. The zero-order valence-electron chi connectivity index (χ0n) is 15.4. The molecule has 0 spiro atoms. The van der Waals surface area contributed by atoms with Crippen LogP contribution in [0.15, 0.2) is 59.8 Å². The van der Waals surface area contributed by atoms with Gasteiger partial charge in [0.1, 0.15) is 5.65 Å². The second-order valence-corrected chi connectivity index (χ2v) is 7.64. The molecule has 1 aliphatic rings. The summed E-state index contributed by atoms with van der Waals surface area (Å²) < 4.78 is 2.02. The van der Waals surface area contributed by atoms with E-state index in [0.29, 0.717) is 12.5 Å². The van der Waals surface area contributed by atoms with Gasteiger partial charge in [-0.15, -0.1) is 36.6 Å². The SMILES string of the molecule is Cl.Cl.NCC1CCN(C(=O)c2ccccc2SCc2cn3ccccc3n2)C1. The molecule has 1 aliphatic heterocycles. The minimum Gasteiger partial charge on any atom is -0.338 e. The minimum absolute atomic E-state index is 0. The second-order valence-electron chi connectivity index (χ2n) is 6.62. The highest BCUT2D eigenvalue weighted by Gasteiger charge is 2.27. The van der Waals surface area contributed by atoms with E-state index in [9.17, 15) is 4.79 Å². The van der Waals surface area contributed by atoms with Crippen molar-refractivity contribution >= 4 is 48.1 Å². The molecule has 0 bridgehead atoms. The van der Waals surface area contributed by atoms with Crippen molar-refractivity contribution in [3.8, 4) is 0 Å². The third-order valence-corrected chi connectivity index (χ3v) is 5.92. The fraction of sp³-hybridized carbons (Fsp3) is 0.300. The van der Waals surface area contributed by atoms with Crippen LogP contribution in [0.4, 0.5) is 0 Å². The molecule has 150 valence electrons. The maximum Gasteiger partial charge on any atom is 0.254 e. The van der Waals surface area contributed by atoms with Gasteiger partial charge in [0, 0.05) is 36.1 Å². The van der Waals surface area contributed by atoms with E-state index in [2.05, 4.69) is 4.98 Å². The van der Waals surface area contributed by atoms with E-state index in [1.54, 1.807) is 11.8 Å². The molecule has 2 N–H and O–H groups in total. The summed E-state index contributed by atoms with van der Waals surface area (Å²) in [6.45, 7) is 2.21. The topological polar surface area (TPSA) is 63.6 Å². The van der Waals surface area contributed by atoms with E-state index in [-0.39, 0.29) is 30.7 Å². The van der Waals surface area contributed by atoms with Gasteiger partial charge in [0.25, 0.3) is 5.91 Å². The fourth-order valence-corrected chi connectivity index (χ4v) is 4.29. The Morgan fingerprint density at radius 2 is 1.96 bits per heavy atom. The number of hydrogen-bond donors (Lipinski definition) is 1. The van der Waals surface area contributed by atoms with Gasteiger partial charge in [0.05, 0.1) is 11.3 Å². The predicted molar refractivity (Wildman–Crippen MR) is 119 cm³/mol. The van der Waals surface area contributed by atoms with E-state index in [1.165, 1.54) is 0 Å². The smallest absolute Gasteiger partial charge is 0.254 e. The molecule has 28 heavy (non-hydrogen) atoms. The number of likely N-dealkylation sites (tertiary alicyclic amines) is 1. The van der Waals surface area contributed by atoms with E-state index in [0.717, 1.165) is 47.1 Å². The van der Waals surface area contributed by atoms with Crippen molar-refractivity contribution in [2.24, 2.45) is 11.7 Å². The molecule has 3 heterocycles. The molecule has 5 nitrogen and oxygen atoms in total. The third kappa shape index (κ3) is 4.81. The maximum absolute atomic E-state index is 12.9. The number of carbonyl (C=O) groups is 1. The van der Waals surface area contributed by atoms with Crippen LogP contribution in [0.1, 0.15) is 22.5 Å². The number of pyridine rings is 1. The lowest BCUT2D eigenvalue weighted by atomic mass is 10.1. The minimum atomic E-state index is 0. The van der Waals surface area contributed by atoms with Crippen LogP contribution in [0.5, 0.6) is 0 Å². The quantitative estimate of drug-likeness (QED) is 0.613. The molecule has 0 aliphatic carbocycles. The highest BCUT2D eigenvalue weighted by atomic mass is 35.5. The van der Waals surface area contributed by atoms with Gasteiger partial charge in [0.15, 0.2) is 0 Å². The van der Waals surface area contributed by atoms with Crippen molar-refractivity contribution in [1.82, 2.24) is 14.3 Å². The molecule has 4 rings (SSSR count). The number of nitrogens with two attached hydrogens (primary N) is 1. The molecule has 0 saturated carbocycles. The first-order chi connectivity index (χ1) is 12.7. The van der Waals surface area contributed by atoms with E-state index in [1.807, 2.05) is 64.2 Å². The van der Waals surface area contributed by atoms with Crippen LogP contribution in [0, 0.1) is 5.92 Å². The molecule has 0 radical (unpaired) electrons. The molecule has 1 atom stereocenters. The average molecular weight is 439 g/mol. The summed E-state index contributed by atoms with van der Waals surface area (Å²) in [6, 6.07) is 13.8. The molecule has 8 heteroatoms. The number of benzene rings is 1. The Labute approximate surface area is 181 Å². The van der Waals surface area contributed by atoms with Crippen LogP contribution in [0.3, 0.4) is 0 Å². The van der Waals surface area contributed by atoms with E-state index >= 15 is 0 Å². The number of thioether (sulfide) groups is 1. The lowest BCUT2D eigenvalue weighted by molar-refractivity contribution is 0.0784. The van der Waals surface area contributed by atoms with E-state index < -0.39 is 0 Å². The highest BCUT2D eigenvalue weighted by Crippen LogP contribution is 2.28. The number of nitrogens with zero attached hydrogens (tertiary/aromatic N) is 3. The number of rotatable bonds is 5. The summed E-state index contributed by atoms with van der Waals surface area (Å²) >= 11 is 1.66. The maximum atomic E-state index is 12.9. The van der Waals surface area contributed by atoms with Crippen LogP contribution in [-0.4, -0.2) is 39.8 Å². The number of hydrogen-bond acceptors (Lipinski definition) is 4. The largest absolute Gasteiger partial charge is 0.338 e. The number of halogens is 2. The molecular formula is C20H24Cl2N4OS. The second kappa shape index (κ2) is 10.2. The van der Waals surface area contributed by atoms with Crippen LogP contribution in [0.2, 0.25) is 0 Å².